The number of carbonyl (C=O) groups is 1. The lowest BCUT2D eigenvalue weighted by molar-refractivity contribution is -0.384. The van der Waals surface area contributed by atoms with E-state index in [1.807, 2.05) is 0 Å². The number of nitro groups is 1. The fraction of sp³-hybridized carbons (Fsp3) is 0.207. The summed E-state index contributed by atoms with van der Waals surface area (Å²) in [7, 11) is 3.03. The zero-order valence-electron chi connectivity index (χ0n) is 22.9. The molecule has 3 heterocycles. The molecule has 0 radical (unpaired) electrons. The van der Waals surface area contributed by atoms with Crippen LogP contribution in [-0.2, 0) is 9.53 Å². The van der Waals surface area contributed by atoms with E-state index < -0.39 is 16.9 Å². The predicted octanol–water partition coefficient (Wildman–Crippen LogP) is 4.75. The van der Waals surface area contributed by atoms with Crippen LogP contribution in [0.15, 0.2) is 78.5 Å². The van der Waals surface area contributed by atoms with E-state index in [1.54, 1.807) is 56.3 Å². The van der Waals surface area contributed by atoms with Gasteiger partial charge in [-0.2, -0.15) is 0 Å². The molecule has 0 saturated heterocycles. The Labute approximate surface area is 251 Å². The number of carbonyl (C=O) groups excluding carboxylic acids is 1. The molecular formula is C29H24BrN3O8S. The Balaban J connectivity index is 1.63. The van der Waals surface area contributed by atoms with Crippen LogP contribution < -0.4 is 24.4 Å². The predicted molar refractivity (Wildman–Crippen MR) is 158 cm³/mol. The van der Waals surface area contributed by atoms with Gasteiger partial charge in [0.05, 0.1) is 47.6 Å². The molecule has 0 aliphatic carbocycles. The Morgan fingerprint density at radius 2 is 1.93 bits per heavy atom. The number of ether oxygens (including phenoxy) is 3. The van der Waals surface area contributed by atoms with Crippen molar-refractivity contribution in [3.8, 4) is 22.8 Å². The number of rotatable bonds is 8. The van der Waals surface area contributed by atoms with Gasteiger partial charge in [0.1, 0.15) is 11.5 Å². The first-order valence-corrected chi connectivity index (χ1v) is 14.2. The van der Waals surface area contributed by atoms with Gasteiger partial charge in [0.15, 0.2) is 16.3 Å². The van der Waals surface area contributed by atoms with Crippen LogP contribution in [0.3, 0.4) is 0 Å². The average Bonchev–Trinajstić information content (AvgIpc) is 3.55. The van der Waals surface area contributed by atoms with Crippen molar-refractivity contribution in [1.82, 2.24) is 4.57 Å². The number of fused-ring (bicyclic) bond motifs is 1. The molecule has 0 bridgehead atoms. The SMILES string of the molecule is CCOC(=O)C1=C(C)N=c2s/c(=C/c3ccc(-c4ccc([N+](=O)[O-])cc4Br)o3)c(=O)n2[C@@H]1c1ccc(OC)c(OC)c1. The van der Waals surface area contributed by atoms with Crippen molar-refractivity contribution in [3.05, 3.63) is 105 Å². The summed E-state index contributed by atoms with van der Waals surface area (Å²) < 4.78 is 24.5. The molecule has 4 aromatic rings. The molecule has 1 aliphatic heterocycles. The molecule has 216 valence electrons. The Kier molecular flexibility index (Phi) is 8.14. The van der Waals surface area contributed by atoms with Gasteiger partial charge >= 0.3 is 5.97 Å². The number of benzene rings is 2. The molecule has 1 aliphatic rings. The van der Waals surface area contributed by atoms with Crippen LogP contribution in [0.25, 0.3) is 17.4 Å². The van der Waals surface area contributed by atoms with Gasteiger partial charge in [0.25, 0.3) is 11.2 Å². The second-order valence-electron chi connectivity index (χ2n) is 9.04. The minimum absolute atomic E-state index is 0.0555. The van der Waals surface area contributed by atoms with E-state index in [2.05, 4.69) is 20.9 Å². The van der Waals surface area contributed by atoms with Crippen LogP contribution in [-0.4, -0.2) is 36.3 Å². The van der Waals surface area contributed by atoms with Crippen molar-refractivity contribution in [2.75, 3.05) is 20.8 Å². The second-order valence-corrected chi connectivity index (χ2v) is 10.9. The summed E-state index contributed by atoms with van der Waals surface area (Å²) in [6, 6.07) is 12.1. The largest absolute Gasteiger partial charge is 0.493 e. The maximum Gasteiger partial charge on any atom is 0.338 e. The van der Waals surface area contributed by atoms with Crippen molar-refractivity contribution in [1.29, 1.82) is 0 Å². The molecule has 0 unspecified atom stereocenters. The number of allylic oxidation sites excluding steroid dienone is 1. The van der Waals surface area contributed by atoms with E-state index in [9.17, 15) is 19.7 Å². The molecule has 1 atom stereocenters. The number of methoxy groups -OCH3 is 2. The highest BCUT2D eigenvalue weighted by Crippen LogP contribution is 2.36. The topological polar surface area (TPSA) is 135 Å². The molecule has 0 spiro atoms. The first kappa shape index (κ1) is 29.0. The van der Waals surface area contributed by atoms with Crippen molar-refractivity contribution in [3.63, 3.8) is 0 Å². The third kappa shape index (κ3) is 5.28. The van der Waals surface area contributed by atoms with Crippen LogP contribution in [0, 0.1) is 10.1 Å². The van der Waals surface area contributed by atoms with E-state index in [0.29, 0.717) is 53.6 Å². The normalized spacial score (nSPS) is 14.8. The van der Waals surface area contributed by atoms with Gasteiger partial charge in [-0.3, -0.25) is 19.5 Å². The molecule has 2 aromatic carbocycles. The number of esters is 1. The number of nitrogens with zero attached hydrogens (tertiary/aromatic N) is 3. The van der Waals surface area contributed by atoms with E-state index in [0.717, 1.165) is 11.3 Å². The zero-order chi connectivity index (χ0) is 30.1. The number of hydrogen-bond donors (Lipinski definition) is 0. The summed E-state index contributed by atoms with van der Waals surface area (Å²) in [6.07, 6.45) is 1.60. The maximum atomic E-state index is 13.9. The van der Waals surface area contributed by atoms with E-state index in [4.69, 9.17) is 18.6 Å². The van der Waals surface area contributed by atoms with Gasteiger partial charge in [-0.15, -0.1) is 0 Å². The lowest BCUT2D eigenvalue weighted by Crippen LogP contribution is -2.39. The molecule has 42 heavy (non-hydrogen) atoms. The Morgan fingerprint density at radius 3 is 2.60 bits per heavy atom. The van der Waals surface area contributed by atoms with Crippen LogP contribution in [0.2, 0.25) is 0 Å². The fourth-order valence-electron chi connectivity index (χ4n) is 4.65. The number of nitro benzene ring substituents is 1. The third-order valence-corrected chi connectivity index (χ3v) is 8.21. The standard InChI is InChI=1S/C29H24BrN3O8S/c1-5-40-28(35)25-15(2)31-29-32(26(25)16-6-10-22(38-3)23(12-16)39-4)27(34)24(42-29)14-18-8-11-21(41-18)19-9-7-17(33(36)37)13-20(19)30/h6-14,26H,5H2,1-4H3/b24-14+/t26-/m1/s1. The Bertz CT molecular complexity index is 1940. The maximum absolute atomic E-state index is 13.9. The number of thiazole rings is 1. The fourth-order valence-corrected chi connectivity index (χ4v) is 6.24. The minimum Gasteiger partial charge on any atom is -0.493 e. The van der Waals surface area contributed by atoms with Crippen LogP contribution in [0.4, 0.5) is 5.69 Å². The summed E-state index contributed by atoms with van der Waals surface area (Å²) in [6.45, 7) is 3.57. The van der Waals surface area contributed by atoms with E-state index >= 15 is 0 Å². The van der Waals surface area contributed by atoms with Crippen LogP contribution >= 0.6 is 27.3 Å². The van der Waals surface area contributed by atoms with Crippen molar-refractivity contribution in [2.24, 2.45) is 4.99 Å². The lowest BCUT2D eigenvalue weighted by atomic mass is 9.95. The highest BCUT2D eigenvalue weighted by molar-refractivity contribution is 9.10. The summed E-state index contributed by atoms with van der Waals surface area (Å²) in [5, 5.41) is 11.1. The number of non-ortho nitro benzene ring substituents is 1. The highest BCUT2D eigenvalue weighted by atomic mass is 79.9. The molecule has 0 amide bonds. The number of halogens is 1. The van der Waals surface area contributed by atoms with Crippen molar-refractivity contribution in [2.45, 2.75) is 19.9 Å². The van der Waals surface area contributed by atoms with E-state index in [-0.39, 0.29) is 23.4 Å². The van der Waals surface area contributed by atoms with Crippen molar-refractivity contribution < 1.29 is 28.3 Å². The van der Waals surface area contributed by atoms with Gasteiger partial charge < -0.3 is 18.6 Å². The van der Waals surface area contributed by atoms with Crippen LogP contribution in [0.5, 0.6) is 11.5 Å². The van der Waals surface area contributed by atoms with Gasteiger partial charge in [0, 0.05) is 28.2 Å². The molecule has 11 nitrogen and oxygen atoms in total. The summed E-state index contributed by atoms with van der Waals surface area (Å²) in [5.74, 6) is 1.22. The monoisotopic (exact) mass is 653 g/mol. The van der Waals surface area contributed by atoms with Gasteiger partial charge in [-0.1, -0.05) is 17.4 Å². The molecule has 0 N–H and O–H groups in total. The number of hydrogen-bond acceptors (Lipinski definition) is 10. The first-order valence-electron chi connectivity index (χ1n) is 12.6. The highest BCUT2D eigenvalue weighted by Gasteiger charge is 2.34. The second kappa shape index (κ2) is 11.8. The molecule has 5 rings (SSSR count). The van der Waals surface area contributed by atoms with E-state index in [1.165, 1.54) is 30.9 Å². The number of furan rings is 1. The van der Waals surface area contributed by atoms with Crippen LogP contribution in [0.1, 0.15) is 31.2 Å². The minimum atomic E-state index is -0.828. The molecule has 2 aromatic heterocycles. The molecular weight excluding hydrogens is 630 g/mol. The van der Waals surface area contributed by atoms with Crippen molar-refractivity contribution >= 4 is 45.0 Å². The molecule has 13 heteroatoms. The van der Waals surface area contributed by atoms with Gasteiger partial charge in [-0.25, -0.2) is 9.79 Å². The summed E-state index contributed by atoms with van der Waals surface area (Å²) >= 11 is 4.52. The summed E-state index contributed by atoms with van der Waals surface area (Å²) in [4.78, 5) is 42.6. The Hall–Kier alpha value is -4.49. The molecule has 0 fully saturated rings. The summed E-state index contributed by atoms with van der Waals surface area (Å²) in [5.41, 5.74) is 1.48. The molecule has 0 saturated carbocycles. The zero-order valence-corrected chi connectivity index (χ0v) is 25.3. The van der Waals surface area contributed by atoms with Gasteiger partial charge in [-0.05, 0) is 65.7 Å². The third-order valence-electron chi connectivity index (χ3n) is 6.57. The average molecular weight is 654 g/mol. The number of aromatic nitrogens is 1. The Morgan fingerprint density at radius 1 is 1.17 bits per heavy atom. The lowest BCUT2D eigenvalue weighted by Gasteiger charge is -2.25. The smallest absolute Gasteiger partial charge is 0.338 e. The quantitative estimate of drug-likeness (QED) is 0.151. The van der Waals surface area contributed by atoms with Gasteiger partial charge in [0.2, 0.25) is 0 Å². The first-order chi connectivity index (χ1) is 20.2.